The molecule has 0 radical (unpaired) electrons. The highest BCUT2D eigenvalue weighted by Gasteiger charge is 2.45. The summed E-state index contributed by atoms with van der Waals surface area (Å²) in [6, 6.07) is 7.45. The molecule has 9 heteroatoms. The minimum Gasteiger partial charge on any atom is -0.497 e. The van der Waals surface area contributed by atoms with Crippen molar-refractivity contribution in [3.05, 3.63) is 41.2 Å². The van der Waals surface area contributed by atoms with Crippen molar-refractivity contribution in [3.8, 4) is 5.75 Å². The molecule has 2 aromatic rings. The average Bonchev–Trinajstić information content (AvgIpc) is 2.73. The van der Waals surface area contributed by atoms with Crippen LogP contribution >= 0.6 is 0 Å². The van der Waals surface area contributed by atoms with Crippen molar-refractivity contribution >= 4 is 30.0 Å². The number of carbonyl (C=O) groups excluding carboxylic acids is 1. The Morgan fingerprint density at radius 2 is 2.03 bits per heavy atom. The van der Waals surface area contributed by atoms with Gasteiger partial charge in [-0.3, -0.25) is 10.2 Å². The topological polar surface area (TPSA) is 107 Å². The van der Waals surface area contributed by atoms with Gasteiger partial charge in [-0.2, -0.15) is 5.10 Å². The maximum absolute atomic E-state index is 13.4. The fraction of sp³-hybridized carbons (Fsp3) is 0.409. The Labute approximate surface area is 181 Å². The van der Waals surface area contributed by atoms with E-state index in [1.165, 1.54) is 6.21 Å². The SMILES string of the molecule is COc1ccc(C(=O)N2CCC3CN(c4nc(C)cc(C)n4)C3C2)c(N/N=C\C=N)c1. The molecule has 0 bridgehead atoms. The number of hydrazone groups is 1. The zero-order valence-electron chi connectivity index (χ0n) is 18.0. The van der Waals surface area contributed by atoms with E-state index in [0.717, 1.165) is 43.1 Å². The summed E-state index contributed by atoms with van der Waals surface area (Å²) >= 11 is 0. The monoisotopic (exact) mass is 421 g/mol. The fourth-order valence-corrected chi connectivity index (χ4v) is 4.29. The predicted octanol–water partition coefficient (Wildman–Crippen LogP) is 2.50. The molecule has 2 unspecified atom stereocenters. The molecule has 1 amide bonds. The van der Waals surface area contributed by atoms with Gasteiger partial charge in [0.05, 0.1) is 30.6 Å². The highest BCUT2D eigenvalue weighted by molar-refractivity contribution is 6.14. The van der Waals surface area contributed by atoms with Crippen LogP contribution in [0.1, 0.15) is 28.2 Å². The molecule has 2 atom stereocenters. The molecule has 2 fully saturated rings. The second kappa shape index (κ2) is 8.71. The minimum absolute atomic E-state index is 0.0538. The van der Waals surface area contributed by atoms with Crippen molar-refractivity contribution in [1.82, 2.24) is 14.9 Å². The van der Waals surface area contributed by atoms with E-state index < -0.39 is 0 Å². The average molecular weight is 422 g/mol. The summed E-state index contributed by atoms with van der Waals surface area (Å²) in [6.45, 7) is 6.24. The number of benzene rings is 1. The molecule has 1 aromatic carbocycles. The number of hydrogen-bond donors (Lipinski definition) is 2. The number of aryl methyl sites for hydroxylation is 2. The van der Waals surface area contributed by atoms with Gasteiger partial charge >= 0.3 is 0 Å². The van der Waals surface area contributed by atoms with Crippen molar-refractivity contribution < 1.29 is 9.53 Å². The molecule has 2 aliphatic heterocycles. The van der Waals surface area contributed by atoms with Gasteiger partial charge in [0.15, 0.2) is 0 Å². The quantitative estimate of drug-likeness (QED) is 0.548. The largest absolute Gasteiger partial charge is 0.497 e. The molecule has 4 rings (SSSR count). The molecule has 31 heavy (non-hydrogen) atoms. The standard InChI is InChI=1S/C22H27N7O2/c1-14-10-15(2)26-22(25-14)29-12-16-6-9-28(13-20(16)29)21(30)18-5-4-17(31-3)11-19(18)27-24-8-7-23/h4-5,7-8,10-11,16,20,23,27H,6,9,12-13H2,1-3H3/b23-7?,24-8-. The third-order valence-corrected chi connectivity index (χ3v) is 5.86. The number of amides is 1. The smallest absolute Gasteiger partial charge is 0.256 e. The number of fused-ring (bicyclic) bond motifs is 1. The number of hydrogen-bond acceptors (Lipinski definition) is 8. The van der Waals surface area contributed by atoms with Crippen LogP contribution < -0.4 is 15.1 Å². The van der Waals surface area contributed by atoms with Crippen LogP contribution in [-0.2, 0) is 0 Å². The molecule has 1 aromatic heterocycles. The number of carbonyl (C=O) groups is 1. The normalized spacial score (nSPS) is 20.2. The van der Waals surface area contributed by atoms with Crippen LogP contribution in [0.15, 0.2) is 29.4 Å². The Morgan fingerprint density at radius 3 is 2.74 bits per heavy atom. The minimum atomic E-state index is -0.0538. The van der Waals surface area contributed by atoms with Gasteiger partial charge in [-0.05, 0) is 38.5 Å². The van der Waals surface area contributed by atoms with Crippen LogP contribution in [0.25, 0.3) is 0 Å². The lowest BCUT2D eigenvalue weighted by molar-refractivity contribution is 0.0590. The number of ether oxygens (including phenoxy) is 1. The summed E-state index contributed by atoms with van der Waals surface area (Å²) < 4.78 is 5.28. The molecule has 2 N–H and O–H groups in total. The lowest BCUT2D eigenvalue weighted by Gasteiger charge is -2.53. The molecule has 0 spiro atoms. The van der Waals surface area contributed by atoms with Gasteiger partial charge in [0.1, 0.15) is 5.75 Å². The Balaban J connectivity index is 1.53. The molecular weight excluding hydrogens is 394 g/mol. The highest BCUT2D eigenvalue weighted by atomic mass is 16.5. The van der Waals surface area contributed by atoms with Gasteiger partial charge in [-0.25, -0.2) is 9.97 Å². The van der Waals surface area contributed by atoms with Crippen molar-refractivity contribution in [2.24, 2.45) is 11.0 Å². The van der Waals surface area contributed by atoms with E-state index in [1.54, 1.807) is 25.3 Å². The number of aromatic nitrogens is 2. The summed E-state index contributed by atoms with van der Waals surface area (Å²) in [7, 11) is 1.58. The number of anilines is 2. The van der Waals surface area contributed by atoms with Gasteiger partial charge in [0.2, 0.25) is 5.95 Å². The Kier molecular flexibility index (Phi) is 5.83. The Bertz CT molecular complexity index is 1000. The molecule has 0 aliphatic carbocycles. The molecular formula is C22H27N7O2. The van der Waals surface area contributed by atoms with E-state index in [-0.39, 0.29) is 11.9 Å². The van der Waals surface area contributed by atoms with Crippen LogP contribution in [-0.4, -0.2) is 66.0 Å². The van der Waals surface area contributed by atoms with Crippen molar-refractivity contribution in [2.45, 2.75) is 26.3 Å². The lowest BCUT2D eigenvalue weighted by atomic mass is 9.82. The van der Waals surface area contributed by atoms with Crippen molar-refractivity contribution in [1.29, 1.82) is 5.41 Å². The molecule has 9 nitrogen and oxygen atoms in total. The number of likely N-dealkylation sites (tertiary alicyclic amines) is 1. The summed E-state index contributed by atoms with van der Waals surface area (Å²) in [4.78, 5) is 26.7. The Morgan fingerprint density at radius 1 is 1.26 bits per heavy atom. The zero-order valence-corrected chi connectivity index (χ0v) is 18.0. The number of methoxy groups -OCH3 is 1. The first-order valence-electron chi connectivity index (χ1n) is 10.3. The maximum Gasteiger partial charge on any atom is 0.256 e. The van der Waals surface area contributed by atoms with Gasteiger partial charge in [0, 0.05) is 49.2 Å². The van der Waals surface area contributed by atoms with Gasteiger partial charge in [0.25, 0.3) is 5.91 Å². The lowest BCUT2D eigenvalue weighted by Crippen LogP contribution is -2.65. The third-order valence-electron chi connectivity index (χ3n) is 5.86. The second-order valence-electron chi connectivity index (χ2n) is 7.94. The summed E-state index contributed by atoms with van der Waals surface area (Å²) in [5.41, 5.74) is 5.83. The van der Waals surface area contributed by atoms with Crippen LogP contribution in [0, 0.1) is 25.2 Å². The van der Waals surface area contributed by atoms with Crippen LogP contribution in [0.4, 0.5) is 11.6 Å². The number of nitrogens with one attached hydrogen (secondary N) is 2. The predicted molar refractivity (Wildman–Crippen MR) is 121 cm³/mol. The summed E-state index contributed by atoms with van der Waals surface area (Å²) in [5, 5.41) is 11.0. The highest BCUT2D eigenvalue weighted by Crippen LogP contribution is 2.36. The molecule has 2 saturated heterocycles. The maximum atomic E-state index is 13.4. The third kappa shape index (κ3) is 4.21. The first-order valence-corrected chi connectivity index (χ1v) is 10.3. The molecule has 162 valence electrons. The van der Waals surface area contributed by atoms with Gasteiger partial charge in [-0.15, -0.1) is 0 Å². The zero-order chi connectivity index (χ0) is 22.0. The first-order chi connectivity index (χ1) is 15.0. The molecule has 3 heterocycles. The van der Waals surface area contributed by atoms with Gasteiger partial charge in [-0.1, -0.05) is 0 Å². The van der Waals surface area contributed by atoms with E-state index in [9.17, 15) is 4.79 Å². The number of piperidine rings is 1. The van der Waals surface area contributed by atoms with E-state index in [4.69, 9.17) is 10.1 Å². The van der Waals surface area contributed by atoms with Crippen LogP contribution in [0.3, 0.4) is 0 Å². The summed E-state index contributed by atoms with van der Waals surface area (Å²) in [6.07, 6.45) is 3.34. The van der Waals surface area contributed by atoms with E-state index in [0.29, 0.717) is 29.5 Å². The number of nitrogens with zero attached hydrogens (tertiary/aromatic N) is 5. The van der Waals surface area contributed by atoms with Crippen LogP contribution in [0.2, 0.25) is 0 Å². The van der Waals surface area contributed by atoms with Crippen molar-refractivity contribution in [3.63, 3.8) is 0 Å². The second-order valence-corrected chi connectivity index (χ2v) is 7.94. The van der Waals surface area contributed by atoms with E-state index >= 15 is 0 Å². The molecule has 2 aliphatic rings. The molecule has 0 saturated carbocycles. The van der Waals surface area contributed by atoms with Crippen molar-refractivity contribution in [2.75, 3.05) is 37.1 Å². The first kappa shape index (κ1) is 20.8. The van der Waals surface area contributed by atoms with Gasteiger partial charge < -0.3 is 19.9 Å². The van der Waals surface area contributed by atoms with E-state index in [2.05, 4.69) is 25.4 Å². The van der Waals surface area contributed by atoms with E-state index in [1.807, 2.05) is 24.8 Å². The van der Waals surface area contributed by atoms with Crippen LogP contribution in [0.5, 0.6) is 5.75 Å². The number of rotatable bonds is 6. The summed E-state index contributed by atoms with van der Waals surface area (Å²) in [5.74, 6) is 1.88. The Hall–Kier alpha value is -3.49. The fourth-order valence-electron chi connectivity index (χ4n) is 4.29.